The van der Waals surface area contributed by atoms with Crippen LogP contribution in [0.3, 0.4) is 0 Å². The second-order valence-electron chi connectivity index (χ2n) is 19.3. The molecule has 3 heterocycles. The average Bonchev–Trinajstić information content (AvgIpc) is 3.94. The van der Waals surface area contributed by atoms with Gasteiger partial charge < -0.3 is 9.52 Å². The van der Waals surface area contributed by atoms with E-state index in [0.29, 0.717) is 0 Å². The van der Waals surface area contributed by atoms with Gasteiger partial charge in [-0.25, -0.2) is 9.97 Å². The Morgan fingerprint density at radius 1 is 0.571 bits per heavy atom. The number of furan rings is 1. The van der Waals surface area contributed by atoms with Gasteiger partial charge in [-0.1, -0.05) is 166 Å². The van der Waals surface area contributed by atoms with Gasteiger partial charge in [0.15, 0.2) is 5.82 Å². The molecule has 0 aliphatic heterocycles. The van der Waals surface area contributed by atoms with E-state index in [1.54, 1.807) is 6.07 Å². The minimum absolute atomic E-state index is 0. The molecular formula is C64H52N3O2Pt-. The Morgan fingerprint density at radius 2 is 1.24 bits per heavy atom. The molecule has 0 saturated carbocycles. The van der Waals surface area contributed by atoms with E-state index in [1.165, 1.54) is 22.3 Å². The molecule has 0 radical (unpaired) electrons. The fraction of sp³-hybridized carbons (Fsp3) is 0.156. The number of aromatic nitrogens is 3. The number of pyridine rings is 1. The number of aromatic hydroxyl groups is 1. The van der Waals surface area contributed by atoms with Gasteiger partial charge in [0.05, 0.1) is 28.0 Å². The number of fused-ring (bicyclic) bond motifs is 7. The quantitative estimate of drug-likeness (QED) is 0.154. The molecule has 0 fully saturated rings. The zero-order valence-electron chi connectivity index (χ0n) is 40.2. The number of rotatable bonds is 8. The van der Waals surface area contributed by atoms with E-state index >= 15 is 0 Å². The maximum absolute atomic E-state index is 11.3. The van der Waals surface area contributed by atoms with Gasteiger partial charge >= 0.3 is 0 Å². The minimum Gasteiger partial charge on any atom is -0.507 e. The van der Waals surface area contributed by atoms with Crippen molar-refractivity contribution in [3.8, 4) is 78.7 Å². The molecule has 0 unspecified atom stereocenters. The smallest absolute Gasteiger partial charge is 0.163 e. The van der Waals surface area contributed by atoms with E-state index in [-0.39, 0.29) is 38.7 Å². The summed E-state index contributed by atoms with van der Waals surface area (Å²) in [5.41, 5.74) is 22.8. The number of hydrogen-bond acceptors (Lipinski definition) is 4. The Morgan fingerprint density at radius 3 is 2.01 bits per heavy atom. The molecule has 0 saturated heterocycles. The maximum atomic E-state index is 11.3. The van der Waals surface area contributed by atoms with Crippen molar-refractivity contribution >= 4 is 33.0 Å². The molecule has 1 N–H and O–H groups in total. The van der Waals surface area contributed by atoms with Crippen LogP contribution in [0.5, 0.6) is 5.75 Å². The van der Waals surface area contributed by atoms with Crippen molar-refractivity contribution in [1.29, 1.82) is 0 Å². The molecule has 0 amide bonds. The molecule has 12 rings (SSSR count). The van der Waals surface area contributed by atoms with E-state index in [9.17, 15) is 5.11 Å². The van der Waals surface area contributed by atoms with Gasteiger partial charge in [-0.2, -0.15) is 0 Å². The molecule has 0 bridgehead atoms. The van der Waals surface area contributed by atoms with Crippen molar-refractivity contribution in [2.45, 2.75) is 66.2 Å². The van der Waals surface area contributed by atoms with Gasteiger partial charge in [0.2, 0.25) is 0 Å². The molecule has 5 nitrogen and oxygen atoms in total. The Hall–Kier alpha value is -7.33. The molecule has 0 atom stereocenters. The van der Waals surface area contributed by atoms with Gasteiger partial charge in [-0.3, -0.25) is 4.57 Å². The summed E-state index contributed by atoms with van der Waals surface area (Å²) in [5, 5.41) is 13.4. The van der Waals surface area contributed by atoms with Crippen LogP contribution in [0.25, 0.3) is 106 Å². The summed E-state index contributed by atoms with van der Waals surface area (Å²) in [5.74, 6) is 1.54. The molecule has 11 aromatic rings. The van der Waals surface area contributed by atoms with Crippen LogP contribution in [0.2, 0.25) is 0 Å². The van der Waals surface area contributed by atoms with Crippen molar-refractivity contribution in [2.24, 2.45) is 0 Å². The number of phenolic OH excluding ortho intramolecular Hbond substituents is 1. The third kappa shape index (κ3) is 7.33. The monoisotopic (exact) mass is 1090 g/mol. The van der Waals surface area contributed by atoms with Crippen LogP contribution in [-0.2, 0) is 33.9 Å². The summed E-state index contributed by atoms with van der Waals surface area (Å²) >= 11 is 0. The van der Waals surface area contributed by atoms with Crippen molar-refractivity contribution in [3.05, 3.63) is 203 Å². The maximum Gasteiger partial charge on any atom is 0.163 e. The van der Waals surface area contributed by atoms with Gasteiger partial charge in [0.25, 0.3) is 0 Å². The summed E-state index contributed by atoms with van der Waals surface area (Å²) in [4.78, 5) is 11.3. The average molecular weight is 1090 g/mol. The van der Waals surface area contributed by atoms with Crippen molar-refractivity contribution in [2.75, 3.05) is 0 Å². The molecule has 1 aliphatic rings. The van der Waals surface area contributed by atoms with Crippen LogP contribution in [0, 0.1) is 19.9 Å². The Bertz CT molecular complexity index is 3790. The number of nitrogens with zero attached hydrogens (tertiary/aromatic N) is 3. The largest absolute Gasteiger partial charge is 0.507 e. The molecule has 346 valence electrons. The predicted molar refractivity (Wildman–Crippen MR) is 284 cm³/mol. The fourth-order valence-electron chi connectivity index (χ4n) is 11.1. The summed E-state index contributed by atoms with van der Waals surface area (Å²) in [6.45, 7) is 13.6. The number of para-hydroxylation sites is 2. The Balaban J connectivity index is 0.00000533. The topological polar surface area (TPSA) is 64.1 Å². The Kier molecular flexibility index (Phi) is 11.5. The molecule has 3 aromatic heterocycles. The number of aryl methyl sites for hydroxylation is 4. The number of imidazole rings is 1. The summed E-state index contributed by atoms with van der Waals surface area (Å²) < 4.78 is 8.75. The molecule has 6 heteroatoms. The van der Waals surface area contributed by atoms with Crippen molar-refractivity contribution < 1.29 is 30.6 Å². The molecular weight excluding hydrogens is 1040 g/mol. The third-order valence-electron chi connectivity index (χ3n) is 14.4. The predicted octanol–water partition coefficient (Wildman–Crippen LogP) is 16.8. The summed E-state index contributed by atoms with van der Waals surface area (Å²) in [6, 6.07) is 61.9. The number of benzene rings is 8. The van der Waals surface area contributed by atoms with Gasteiger partial charge in [0.1, 0.15) is 17.0 Å². The van der Waals surface area contributed by atoms with E-state index < -0.39 is 0 Å². The van der Waals surface area contributed by atoms with Crippen LogP contribution < -0.4 is 0 Å². The first-order valence-electron chi connectivity index (χ1n) is 24.2. The molecule has 8 aromatic carbocycles. The minimum atomic E-state index is 0. The van der Waals surface area contributed by atoms with Gasteiger partial charge in [-0.15, -0.1) is 23.8 Å². The molecule has 0 spiro atoms. The van der Waals surface area contributed by atoms with Crippen LogP contribution in [0.1, 0.15) is 72.9 Å². The second-order valence-corrected chi connectivity index (χ2v) is 19.3. The third-order valence-corrected chi connectivity index (χ3v) is 14.4. The first kappa shape index (κ1) is 45.1. The van der Waals surface area contributed by atoms with E-state index in [4.69, 9.17) is 14.4 Å². The Labute approximate surface area is 423 Å². The van der Waals surface area contributed by atoms with Crippen LogP contribution in [-0.4, -0.2) is 19.6 Å². The van der Waals surface area contributed by atoms with Crippen molar-refractivity contribution in [3.63, 3.8) is 0 Å². The first-order chi connectivity index (χ1) is 33.6. The summed E-state index contributed by atoms with van der Waals surface area (Å²) in [7, 11) is 0. The van der Waals surface area contributed by atoms with Gasteiger partial charge in [-0.05, 0) is 130 Å². The first-order valence-corrected chi connectivity index (χ1v) is 24.2. The SMILES string of the molecule is Cc1cccc(C)c1-n1c(-c2ccc3c(n2)-c2c(O)cccc2CC3)nc2c(-c3[c-]cc4oc5ccccc5c4c3)c(-c3c(-c4ccccc4)cccc3-c3c(C(C)C)cccc3C(C)C)ccc21.[Pt]. The zero-order chi connectivity index (χ0) is 47.1. The normalized spacial score (nSPS) is 12.2. The van der Waals surface area contributed by atoms with E-state index in [0.717, 1.165) is 130 Å². The number of hydrogen-bond donors (Lipinski definition) is 1. The zero-order valence-corrected chi connectivity index (χ0v) is 42.4. The fourth-order valence-corrected chi connectivity index (χ4v) is 11.1. The number of phenols is 1. The second kappa shape index (κ2) is 17.9. The summed E-state index contributed by atoms with van der Waals surface area (Å²) in [6.07, 6.45) is 1.70. The van der Waals surface area contributed by atoms with Crippen LogP contribution in [0.4, 0.5) is 0 Å². The standard InChI is InChI=1S/C64H52N3O2.Pt/c1-37(2)45-22-14-23-46(38(3)4)59(45)49-25-15-24-47(41-18-8-7-9-19-41)60(49)50-32-34-53-62(57(50)44-31-35-56-51(36-44)48-21-10-11-27-55(48)69-56)66-64(67(53)63-39(5)16-12-17-40(63)6)52-33-30-43-29-28-42-20-13-26-54(68)58(42)61(43)65-52;/h7-27,30,32-38,68H,28-29H2,1-6H3;/q-1;. The molecule has 1 aliphatic carbocycles. The van der Waals surface area contributed by atoms with Gasteiger partial charge in [0, 0.05) is 32.0 Å². The molecule has 70 heavy (non-hydrogen) atoms. The van der Waals surface area contributed by atoms with E-state index in [2.05, 4.69) is 186 Å². The van der Waals surface area contributed by atoms with Crippen LogP contribution >= 0.6 is 0 Å². The van der Waals surface area contributed by atoms with E-state index in [1.807, 2.05) is 24.3 Å². The van der Waals surface area contributed by atoms with Crippen molar-refractivity contribution in [1.82, 2.24) is 14.5 Å². The van der Waals surface area contributed by atoms with Crippen LogP contribution in [0.15, 0.2) is 168 Å².